The van der Waals surface area contributed by atoms with Gasteiger partial charge in [0.25, 0.3) is 0 Å². The third-order valence-corrected chi connectivity index (χ3v) is 4.30. The number of piperidine rings is 1. The molecule has 1 aliphatic rings. The Kier molecular flexibility index (Phi) is 4.42. The van der Waals surface area contributed by atoms with Crippen LogP contribution in [0.3, 0.4) is 0 Å². The van der Waals surface area contributed by atoms with Crippen molar-refractivity contribution in [2.24, 2.45) is 13.0 Å². The number of aromatic nitrogens is 1. The summed E-state index contributed by atoms with van der Waals surface area (Å²) >= 11 is 0. The smallest absolute Gasteiger partial charge is 0.178 e. The fourth-order valence-corrected chi connectivity index (χ4v) is 2.87. The first-order valence-corrected chi connectivity index (χ1v) is 7.02. The van der Waals surface area contributed by atoms with Gasteiger partial charge in [0.1, 0.15) is 0 Å². The normalized spacial score (nSPS) is 20.7. The van der Waals surface area contributed by atoms with Crippen LogP contribution in [0.1, 0.15) is 34.6 Å². The quantitative estimate of drug-likeness (QED) is 0.839. The Morgan fingerprint density at radius 3 is 2.79 bits per heavy atom. The first-order valence-electron chi connectivity index (χ1n) is 7.02. The monoisotopic (exact) mass is 264 g/mol. The zero-order chi connectivity index (χ0) is 14.0. The lowest BCUT2D eigenvalue weighted by atomic mass is 9.98. The Morgan fingerprint density at radius 1 is 1.47 bits per heavy atom. The number of carbonyl (C=O) groups excluding carboxylic acids is 1. The molecule has 4 nitrogen and oxygen atoms in total. The lowest BCUT2D eigenvalue weighted by Crippen LogP contribution is -2.39. The van der Waals surface area contributed by atoms with Crippen LogP contribution >= 0.6 is 0 Å². The van der Waals surface area contributed by atoms with Gasteiger partial charge in [0, 0.05) is 37.2 Å². The Balaban J connectivity index is 2.02. The van der Waals surface area contributed by atoms with Crippen molar-refractivity contribution in [1.29, 1.82) is 0 Å². The van der Waals surface area contributed by atoms with Gasteiger partial charge in [-0.25, -0.2) is 0 Å². The van der Waals surface area contributed by atoms with E-state index >= 15 is 0 Å². The topological polar surface area (TPSA) is 45.5 Å². The predicted molar refractivity (Wildman–Crippen MR) is 75.5 cm³/mol. The number of aryl methyl sites for hydroxylation is 1. The molecule has 106 valence electrons. The molecule has 2 heterocycles. The summed E-state index contributed by atoms with van der Waals surface area (Å²) in [6, 6.07) is 1.98. The van der Waals surface area contributed by atoms with E-state index in [2.05, 4.69) is 9.47 Å². The van der Waals surface area contributed by atoms with E-state index in [9.17, 15) is 9.90 Å². The fourth-order valence-electron chi connectivity index (χ4n) is 2.87. The summed E-state index contributed by atoms with van der Waals surface area (Å²) < 4.78 is 2.06. The minimum atomic E-state index is 0.194. The highest BCUT2D eigenvalue weighted by Gasteiger charge is 2.22. The van der Waals surface area contributed by atoms with Gasteiger partial charge in [-0.3, -0.25) is 9.69 Å². The summed E-state index contributed by atoms with van der Waals surface area (Å²) in [6.45, 7) is 6.52. The van der Waals surface area contributed by atoms with Crippen LogP contribution in [-0.2, 0) is 7.05 Å². The molecule has 2 rings (SSSR count). The molecule has 0 spiro atoms. The van der Waals surface area contributed by atoms with Crippen molar-refractivity contribution < 1.29 is 9.90 Å². The minimum Gasteiger partial charge on any atom is -0.396 e. The third kappa shape index (κ3) is 3.07. The highest BCUT2D eigenvalue weighted by atomic mass is 16.3. The summed E-state index contributed by atoms with van der Waals surface area (Å²) in [5.41, 5.74) is 3.00. The standard InChI is InChI=1S/C15H24N2O2/c1-11-7-14(12(2)16(11)3)15(19)9-17-6-4-5-13(8-17)10-18/h7,13,18H,4-6,8-10H2,1-3H3. The second kappa shape index (κ2) is 5.88. The number of hydrogen-bond donors (Lipinski definition) is 1. The molecule has 4 heteroatoms. The molecule has 0 aliphatic carbocycles. The van der Waals surface area contributed by atoms with Gasteiger partial charge in [-0.2, -0.15) is 0 Å². The molecule has 1 N–H and O–H groups in total. The molecular formula is C15H24N2O2. The first-order chi connectivity index (χ1) is 9.02. The Hall–Kier alpha value is -1.13. The molecule has 0 saturated carbocycles. The zero-order valence-corrected chi connectivity index (χ0v) is 12.1. The largest absolute Gasteiger partial charge is 0.396 e. The van der Waals surface area contributed by atoms with Gasteiger partial charge in [0.15, 0.2) is 5.78 Å². The van der Waals surface area contributed by atoms with Gasteiger partial charge >= 0.3 is 0 Å². The molecule has 1 aromatic heterocycles. The Labute approximate surface area is 115 Å². The second-order valence-electron chi connectivity index (χ2n) is 5.69. The summed E-state index contributed by atoms with van der Waals surface area (Å²) in [4.78, 5) is 14.6. The SMILES string of the molecule is Cc1cc(C(=O)CN2CCCC(CO)C2)c(C)n1C. The number of likely N-dealkylation sites (tertiary alicyclic amines) is 1. The zero-order valence-electron chi connectivity index (χ0n) is 12.1. The van der Waals surface area contributed by atoms with Crippen LogP contribution in [0.2, 0.25) is 0 Å². The number of nitrogens with zero attached hydrogens (tertiary/aromatic N) is 2. The number of rotatable bonds is 4. The average molecular weight is 264 g/mol. The van der Waals surface area contributed by atoms with E-state index < -0.39 is 0 Å². The fraction of sp³-hybridized carbons (Fsp3) is 0.667. The van der Waals surface area contributed by atoms with Gasteiger partial charge in [-0.1, -0.05) is 0 Å². The number of ketones is 1. The highest BCUT2D eigenvalue weighted by Crippen LogP contribution is 2.18. The molecule has 0 radical (unpaired) electrons. The van der Waals surface area contributed by atoms with Crippen LogP contribution in [0.15, 0.2) is 6.07 Å². The number of aliphatic hydroxyl groups is 1. The van der Waals surface area contributed by atoms with E-state index in [1.54, 1.807) is 0 Å². The van der Waals surface area contributed by atoms with E-state index in [-0.39, 0.29) is 12.4 Å². The lowest BCUT2D eigenvalue weighted by molar-refractivity contribution is 0.0833. The molecule has 1 saturated heterocycles. The second-order valence-corrected chi connectivity index (χ2v) is 5.69. The van der Waals surface area contributed by atoms with Crippen LogP contribution in [0.5, 0.6) is 0 Å². The van der Waals surface area contributed by atoms with Crippen molar-refractivity contribution in [3.8, 4) is 0 Å². The maximum absolute atomic E-state index is 12.4. The molecule has 0 aromatic carbocycles. The summed E-state index contributed by atoms with van der Waals surface area (Å²) in [7, 11) is 1.99. The van der Waals surface area contributed by atoms with Gasteiger partial charge in [0.05, 0.1) is 6.54 Å². The lowest BCUT2D eigenvalue weighted by Gasteiger charge is -2.31. The molecule has 1 atom stereocenters. The molecule has 1 fully saturated rings. The summed E-state index contributed by atoms with van der Waals surface area (Å²) in [6.07, 6.45) is 2.15. The number of carbonyl (C=O) groups is 1. The van der Waals surface area contributed by atoms with E-state index in [1.807, 2.05) is 27.0 Å². The van der Waals surface area contributed by atoms with Gasteiger partial charge < -0.3 is 9.67 Å². The number of aliphatic hydroxyl groups excluding tert-OH is 1. The van der Waals surface area contributed by atoms with Crippen LogP contribution in [-0.4, -0.2) is 46.6 Å². The predicted octanol–water partition coefficient (Wildman–Crippen LogP) is 1.53. The first kappa shape index (κ1) is 14.3. The maximum atomic E-state index is 12.4. The van der Waals surface area contributed by atoms with Crippen molar-refractivity contribution in [3.63, 3.8) is 0 Å². The van der Waals surface area contributed by atoms with E-state index in [1.165, 1.54) is 0 Å². The molecule has 1 unspecified atom stereocenters. The molecule has 1 aliphatic heterocycles. The van der Waals surface area contributed by atoms with Crippen molar-refractivity contribution in [2.75, 3.05) is 26.2 Å². The molecule has 19 heavy (non-hydrogen) atoms. The minimum absolute atomic E-state index is 0.194. The van der Waals surface area contributed by atoms with Gasteiger partial charge in [-0.15, -0.1) is 0 Å². The van der Waals surface area contributed by atoms with Crippen LogP contribution < -0.4 is 0 Å². The number of hydrogen-bond acceptors (Lipinski definition) is 3. The Morgan fingerprint density at radius 2 is 2.21 bits per heavy atom. The van der Waals surface area contributed by atoms with Gasteiger partial charge in [-0.05, 0) is 45.2 Å². The van der Waals surface area contributed by atoms with Crippen LogP contribution in [0.25, 0.3) is 0 Å². The van der Waals surface area contributed by atoms with Gasteiger partial charge in [0.2, 0.25) is 0 Å². The van der Waals surface area contributed by atoms with Crippen LogP contribution in [0, 0.1) is 19.8 Å². The van der Waals surface area contributed by atoms with Crippen molar-refractivity contribution in [3.05, 3.63) is 23.0 Å². The molecule has 0 bridgehead atoms. The summed E-state index contributed by atoms with van der Waals surface area (Å²) in [5.74, 6) is 0.528. The average Bonchev–Trinajstić information content (AvgIpc) is 2.67. The van der Waals surface area contributed by atoms with Crippen LogP contribution in [0.4, 0.5) is 0 Å². The van der Waals surface area contributed by atoms with E-state index in [0.29, 0.717) is 12.5 Å². The molecule has 1 aromatic rings. The third-order valence-electron chi connectivity index (χ3n) is 4.30. The van der Waals surface area contributed by atoms with E-state index in [0.717, 1.165) is 42.9 Å². The van der Waals surface area contributed by atoms with Crippen molar-refractivity contribution >= 4 is 5.78 Å². The Bertz CT molecular complexity index is 465. The molecule has 0 amide bonds. The van der Waals surface area contributed by atoms with Crippen molar-refractivity contribution in [2.45, 2.75) is 26.7 Å². The van der Waals surface area contributed by atoms with E-state index in [4.69, 9.17) is 0 Å². The van der Waals surface area contributed by atoms with Crippen molar-refractivity contribution in [1.82, 2.24) is 9.47 Å². The molecular weight excluding hydrogens is 240 g/mol. The number of Topliss-reactive ketones (excluding diaryl/α,β-unsaturated/α-hetero) is 1. The maximum Gasteiger partial charge on any atom is 0.178 e. The summed E-state index contributed by atoms with van der Waals surface area (Å²) in [5, 5.41) is 9.23. The highest BCUT2D eigenvalue weighted by molar-refractivity contribution is 5.99.